The minimum Gasteiger partial charge on any atom is -0.469 e. The molecule has 0 amide bonds. The molecule has 4 nitrogen and oxygen atoms in total. The van der Waals surface area contributed by atoms with Gasteiger partial charge in [-0.25, -0.2) is 0 Å². The summed E-state index contributed by atoms with van der Waals surface area (Å²) in [6, 6.07) is 0.394. The summed E-state index contributed by atoms with van der Waals surface area (Å²) >= 11 is 0. The highest BCUT2D eigenvalue weighted by Gasteiger charge is 2.22. The lowest BCUT2D eigenvalue weighted by atomic mass is 10.1. The average molecular weight is 243 g/mol. The monoisotopic (exact) mass is 243 g/mol. The Labute approximate surface area is 104 Å². The van der Waals surface area contributed by atoms with Gasteiger partial charge >= 0.3 is 5.97 Å². The third-order valence-corrected chi connectivity index (χ3v) is 3.51. The molecule has 0 aromatic heterocycles. The van der Waals surface area contributed by atoms with E-state index in [9.17, 15) is 9.90 Å². The zero-order chi connectivity index (χ0) is 12.5. The first-order chi connectivity index (χ1) is 8.27. The summed E-state index contributed by atoms with van der Waals surface area (Å²) in [4.78, 5) is 13.3. The first-order valence-electron chi connectivity index (χ1n) is 6.69. The zero-order valence-corrected chi connectivity index (χ0v) is 10.9. The molecule has 0 spiro atoms. The van der Waals surface area contributed by atoms with Gasteiger partial charge in [-0.3, -0.25) is 9.69 Å². The van der Waals surface area contributed by atoms with E-state index in [2.05, 4.69) is 9.64 Å². The molecule has 1 rings (SSSR count). The topological polar surface area (TPSA) is 49.8 Å². The maximum atomic E-state index is 10.9. The van der Waals surface area contributed by atoms with E-state index in [4.69, 9.17) is 0 Å². The molecule has 0 aromatic carbocycles. The van der Waals surface area contributed by atoms with Crippen LogP contribution in [-0.2, 0) is 9.53 Å². The van der Waals surface area contributed by atoms with Gasteiger partial charge < -0.3 is 9.84 Å². The van der Waals surface area contributed by atoms with Crippen LogP contribution in [0.3, 0.4) is 0 Å². The number of carbonyl (C=O) groups excluding carboxylic acids is 1. The van der Waals surface area contributed by atoms with Crippen molar-refractivity contribution in [1.29, 1.82) is 0 Å². The molecule has 0 aliphatic carbocycles. The van der Waals surface area contributed by atoms with Gasteiger partial charge in [-0.15, -0.1) is 0 Å². The van der Waals surface area contributed by atoms with Crippen molar-refractivity contribution >= 4 is 5.97 Å². The molecule has 17 heavy (non-hydrogen) atoms. The van der Waals surface area contributed by atoms with Crippen molar-refractivity contribution in [3.05, 3.63) is 0 Å². The van der Waals surface area contributed by atoms with Crippen LogP contribution in [0.25, 0.3) is 0 Å². The summed E-state index contributed by atoms with van der Waals surface area (Å²) in [6.07, 6.45) is 7.23. The van der Waals surface area contributed by atoms with E-state index in [1.807, 2.05) is 0 Å². The average Bonchev–Trinajstić information content (AvgIpc) is 2.80. The second-order valence-electron chi connectivity index (χ2n) is 4.75. The van der Waals surface area contributed by atoms with E-state index >= 15 is 0 Å². The molecule has 0 aromatic rings. The third-order valence-electron chi connectivity index (χ3n) is 3.51. The summed E-state index contributed by atoms with van der Waals surface area (Å²) in [5.74, 6) is -0.107. The first kappa shape index (κ1) is 14.5. The molecule has 1 fully saturated rings. The van der Waals surface area contributed by atoms with Gasteiger partial charge in [0.15, 0.2) is 0 Å². The molecule has 1 heterocycles. The van der Waals surface area contributed by atoms with E-state index in [0.29, 0.717) is 19.1 Å². The van der Waals surface area contributed by atoms with Crippen LogP contribution in [0.2, 0.25) is 0 Å². The van der Waals surface area contributed by atoms with Crippen molar-refractivity contribution in [1.82, 2.24) is 4.90 Å². The summed E-state index contributed by atoms with van der Waals surface area (Å²) in [6.45, 7) is 2.51. The predicted molar refractivity (Wildman–Crippen MR) is 66.8 cm³/mol. The zero-order valence-electron chi connectivity index (χ0n) is 10.9. The fraction of sp³-hybridized carbons (Fsp3) is 0.923. The number of hydrogen-bond acceptors (Lipinski definition) is 4. The normalized spacial score (nSPS) is 20.7. The van der Waals surface area contributed by atoms with Gasteiger partial charge in [-0.1, -0.05) is 12.8 Å². The van der Waals surface area contributed by atoms with Crippen LogP contribution >= 0.6 is 0 Å². The molecular weight excluding hydrogens is 218 g/mol. The van der Waals surface area contributed by atoms with Crippen molar-refractivity contribution in [3.8, 4) is 0 Å². The molecule has 0 radical (unpaired) electrons. The van der Waals surface area contributed by atoms with Gasteiger partial charge in [0.1, 0.15) is 0 Å². The Kier molecular flexibility index (Phi) is 7.21. The summed E-state index contributed by atoms with van der Waals surface area (Å²) in [5.41, 5.74) is 0. The van der Waals surface area contributed by atoms with Crippen molar-refractivity contribution in [2.45, 2.75) is 51.0 Å². The Balaban J connectivity index is 1.95. The quantitative estimate of drug-likeness (QED) is 0.519. The highest BCUT2D eigenvalue weighted by atomic mass is 16.5. The standard InChI is InChI=1S/C13H25NO3/c1-17-13(16)8-4-2-3-5-9-14-10-6-7-12(14)11-15/h12,15H,2-11H2,1H3/t12-/m0/s1. The Morgan fingerprint density at radius 2 is 2.12 bits per heavy atom. The number of likely N-dealkylation sites (tertiary alicyclic amines) is 1. The molecule has 1 saturated heterocycles. The molecule has 1 aliphatic heterocycles. The van der Waals surface area contributed by atoms with Crippen LogP contribution in [0.5, 0.6) is 0 Å². The molecule has 1 N–H and O–H groups in total. The number of esters is 1. The molecule has 0 bridgehead atoms. The van der Waals surface area contributed by atoms with Crippen LogP contribution in [0.1, 0.15) is 44.9 Å². The van der Waals surface area contributed by atoms with E-state index < -0.39 is 0 Å². The Hall–Kier alpha value is -0.610. The molecule has 1 aliphatic rings. The van der Waals surface area contributed by atoms with Gasteiger partial charge in [0, 0.05) is 12.5 Å². The SMILES string of the molecule is COC(=O)CCCCCCN1CCC[C@H]1CO. The van der Waals surface area contributed by atoms with E-state index in [1.165, 1.54) is 13.5 Å². The van der Waals surface area contributed by atoms with Crippen molar-refractivity contribution in [2.75, 3.05) is 26.8 Å². The highest BCUT2D eigenvalue weighted by Crippen LogP contribution is 2.17. The number of ether oxygens (including phenoxy) is 1. The summed E-state index contributed by atoms with van der Waals surface area (Å²) in [7, 11) is 1.44. The molecule has 0 saturated carbocycles. The molecule has 1 atom stereocenters. The number of carbonyl (C=O) groups is 1. The largest absolute Gasteiger partial charge is 0.469 e. The second kappa shape index (κ2) is 8.48. The number of nitrogens with zero attached hydrogens (tertiary/aromatic N) is 1. The number of aliphatic hydroxyl groups is 1. The minimum absolute atomic E-state index is 0.107. The number of aliphatic hydroxyl groups excluding tert-OH is 1. The Morgan fingerprint density at radius 1 is 1.35 bits per heavy atom. The fourth-order valence-corrected chi connectivity index (χ4v) is 2.44. The molecular formula is C13H25NO3. The van der Waals surface area contributed by atoms with Crippen molar-refractivity contribution < 1.29 is 14.6 Å². The van der Waals surface area contributed by atoms with Crippen LogP contribution in [0, 0.1) is 0 Å². The number of rotatable bonds is 8. The summed E-state index contributed by atoms with van der Waals surface area (Å²) < 4.78 is 4.59. The van der Waals surface area contributed by atoms with Crippen LogP contribution in [0.4, 0.5) is 0 Å². The number of unbranched alkanes of at least 4 members (excludes halogenated alkanes) is 3. The highest BCUT2D eigenvalue weighted by molar-refractivity contribution is 5.68. The van der Waals surface area contributed by atoms with Crippen molar-refractivity contribution in [2.24, 2.45) is 0 Å². The van der Waals surface area contributed by atoms with E-state index in [-0.39, 0.29) is 5.97 Å². The summed E-state index contributed by atoms with van der Waals surface area (Å²) in [5, 5.41) is 9.17. The maximum absolute atomic E-state index is 10.9. The van der Waals surface area contributed by atoms with Gasteiger partial charge in [-0.05, 0) is 38.8 Å². The van der Waals surface area contributed by atoms with Crippen LogP contribution in [-0.4, -0.2) is 48.8 Å². The lowest BCUT2D eigenvalue weighted by molar-refractivity contribution is -0.140. The second-order valence-corrected chi connectivity index (χ2v) is 4.75. The Bertz CT molecular complexity index is 221. The number of methoxy groups -OCH3 is 1. The lowest BCUT2D eigenvalue weighted by Gasteiger charge is -2.22. The van der Waals surface area contributed by atoms with Crippen LogP contribution < -0.4 is 0 Å². The molecule has 100 valence electrons. The Morgan fingerprint density at radius 3 is 2.82 bits per heavy atom. The molecule has 0 unspecified atom stereocenters. The predicted octanol–water partition coefficient (Wildman–Crippen LogP) is 1.57. The van der Waals surface area contributed by atoms with Crippen molar-refractivity contribution in [3.63, 3.8) is 0 Å². The van der Waals surface area contributed by atoms with Crippen LogP contribution in [0.15, 0.2) is 0 Å². The van der Waals surface area contributed by atoms with Gasteiger partial charge in [0.05, 0.1) is 13.7 Å². The van der Waals surface area contributed by atoms with Gasteiger partial charge in [0.2, 0.25) is 0 Å². The lowest BCUT2D eigenvalue weighted by Crippen LogP contribution is -2.32. The maximum Gasteiger partial charge on any atom is 0.305 e. The molecule has 4 heteroatoms. The number of hydrogen-bond donors (Lipinski definition) is 1. The van der Waals surface area contributed by atoms with E-state index in [0.717, 1.165) is 45.2 Å². The first-order valence-corrected chi connectivity index (χ1v) is 6.69. The third kappa shape index (κ3) is 5.50. The fourth-order valence-electron chi connectivity index (χ4n) is 2.44. The van der Waals surface area contributed by atoms with E-state index in [1.54, 1.807) is 0 Å². The smallest absolute Gasteiger partial charge is 0.305 e. The van der Waals surface area contributed by atoms with Gasteiger partial charge in [-0.2, -0.15) is 0 Å². The van der Waals surface area contributed by atoms with Gasteiger partial charge in [0.25, 0.3) is 0 Å². The minimum atomic E-state index is -0.107.